The summed E-state index contributed by atoms with van der Waals surface area (Å²) in [6, 6.07) is 8.58. The van der Waals surface area contributed by atoms with Gasteiger partial charge < -0.3 is 4.74 Å². The Hall–Kier alpha value is -0.570. The van der Waals surface area contributed by atoms with Crippen molar-refractivity contribution in [2.75, 3.05) is 19.1 Å². The van der Waals surface area contributed by atoms with Crippen LogP contribution in [0.1, 0.15) is 12.0 Å². The highest BCUT2D eigenvalue weighted by molar-refractivity contribution is 7.17. The largest absolute Gasteiger partial charge is 0.379 e. The van der Waals surface area contributed by atoms with E-state index in [4.69, 9.17) is 16.3 Å². The SMILES string of the molecule is ClCCC1(c2csc3ccccc23)COC1. The van der Waals surface area contributed by atoms with Crippen molar-refractivity contribution in [1.82, 2.24) is 0 Å². The highest BCUT2D eigenvalue weighted by Crippen LogP contribution is 2.42. The molecule has 84 valence electrons. The molecule has 0 aliphatic carbocycles. The molecule has 0 saturated carbocycles. The molecule has 1 fully saturated rings. The van der Waals surface area contributed by atoms with E-state index in [2.05, 4.69) is 29.6 Å². The molecule has 0 N–H and O–H groups in total. The van der Waals surface area contributed by atoms with E-state index in [9.17, 15) is 0 Å². The summed E-state index contributed by atoms with van der Waals surface area (Å²) >= 11 is 7.73. The Morgan fingerprint density at radius 3 is 2.81 bits per heavy atom. The second-order valence-corrected chi connectivity index (χ2v) is 5.65. The van der Waals surface area contributed by atoms with E-state index in [-0.39, 0.29) is 5.41 Å². The van der Waals surface area contributed by atoms with Gasteiger partial charge in [-0.05, 0) is 28.8 Å². The molecule has 1 aliphatic rings. The predicted octanol–water partition coefficient (Wildman–Crippen LogP) is 3.80. The van der Waals surface area contributed by atoms with E-state index in [1.807, 2.05) is 11.3 Å². The van der Waals surface area contributed by atoms with Gasteiger partial charge in [0.25, 0.3) is 0 Å². The third kappa shape index (κ3) is 1.48. The second-order valence-electron chi connectivity index (χ2n) is 4.36. The molecular weight excluding hydrogens is 240 g/mol. The normalized spacial score (nSPS) is 18.6. The van der Waals surface area contributed by atoms with E-state index in [0.29, 0.717) is 5.88 Å². The second kappa shape index (κ2) is 4.02. The van der Waals surface area contributed by atoms with Crippen LogP contribution in [-0.4, -0.2) is 19.1 Å². The first kappa shape index (κ1) is 10.6. The lowest BCUT2D eigenvalue weighted by Crippen LogP contribution is -2.46. The Kier molecular flexibility index (Phi) is 2.66. The maximum absolute atomic E-state index is 5.91. The van der Waals surface area contributed by atoms with Crippen molar-refractivity contribution in [2.24, 2.45) is 0 Å². The van der Waals surface area contributed by atoms with Crippen LogP contribution in [0.15, 0.2) is 29.6 Å². The first-order valence-electron chi connectivity index (χ1n) is 5.46. The van der Waals surface area contributed by atoms with Crippen LogP contribution in [0.25, 0.3) is 10.1 Å². The monoisotopic (exact) mass is 252 g/mol. The molecule has 3 rings (SSSR count). The topological polar surface area (TPSA) is 9.23 Å². The lowest BCUT2D eigenvalue weighted by molar-refractivity contribution is -0.0606. The quantitative estimate of drug-likeness (QED) is 0.755. The minimum Gasteiger partial charge on any atom is -0.379 e. The molecule has 1 nitrogen and oxygen atoms in total. The molecule has 1 aromatic heterocycles. The first-order chi connectivity index (χ1) is 7.86. The van der Waals surface area contributed by atoms with Crippen molar-refractivity contribution in [1.29, 1.82) is 0 Å². The molecule has 0 unspecified atom stereocenters. The molecule has 0 radical (unpaired) electrons. The third-order valence-electron chi connectivity index (χ3n) is 3.38. The molecule has 1 aliphatic heterocycles. The van der Waals surface area contributed by atoms with Gasteiger partial charge in [-0.3, -0.25) is 0 Å². The van der Waals surface area contributed by atoms with Crippen LogP contribution < -0.4 is 0 Å². The summed E-state index contributed by atoms with van der Waals surface area (Å²) < 4.78 is 6.77. The number of halogens is 1. The average molecular weight is 253 g/mol. The van der Waals surface area contributed by atoms with E-state index in [0.717, 1.165) is 19.6 Å². The van der Waals surface area contributed by atoms with E-state index >= 15 is 0 Å². The Labute approximate surface area is 104 Å². The molecule has 1 aromatic carbocycles. The molecule has 2 aromatic rings. The smallest absolute Gasteiger partial charge is 0.0586 e. The standard InChI is InChI=1S/C13H13ClOS/c14-6-5-13(8-15-9-13)11-7-16-12-4-2-1-3-10(11)12/h1-4,7H,5-6,8-9H2. The van der Waals surface area contributed by atoms with Crippen LogP contribution in [0.4, 0.5) is 0 Å². The van der Waals surface area contributed by atoms with Crippen LogP contribution in [-0.2, 0) is 10.2 Å². The molecule has 0 atom stereocenters. The number of hydrogen-bond donors (Lipinski definition) is 0. The van der Waals surface area contributed by atoms with Crippen molar-refractivity contribution < 1.29 is 4.74 Å². The Morgan fingerprint density at radius 1 is 1.31 bits per heavy atom. The Balaban J connectivity index is 2.10. The van der Waals surface area contributed by atoms with Crippen molar-refractivity contribution in [3.05, 3.63) is 35.2 Å². The van der Waals surface area contributed by atoms with Crippen LogP contribution >= 0.6 is 22.9 Å². The Bertz CT molecular complexity index is 501. The molecule has 2 heterocycles. The van der Waals surface area contributed by atoms with Crippen molar-refractivity contribution in [3.8, 4) is 0 Å². The van der Waals surface area contributed by atoms with E-state index in [1.54, 1.807) is 0 Å². The van der Waals surface area contributed by atoms with Crippen LogP contribution in [0, 0.1) is 0 Å². The fraction of sp³-hybridized carbons (Fsp3) is 0.385. The van der Waals surface area contributed by atoms with Crippen molar-refractivity contribution in [3.63, 3.8) is 0 Å². The molecule has 16 heavy (non-hydrogen) atoms. The summed E-state index contributed by atoms with van der Waals surface area (Å²) in [5.41, 5.74) is 1.61. The lowest BCUT2D eigenvalue weighted by Gasteiger charge is -2.41. The summed E-state index contributed by atoms with van der Waals surface area (Å²) in [5, 5.41) is 3.65. The minimum absolute atomic E-state index is 0.182. The van der Waals surface area contributed by atoms with Crippen molar-refractivity contribution in [2.45, 2.75) is 11.8 Å². The predicted molar refractivity (Wildman–Crippen MR) is 69.7 cm³/mol. The number of ether oxygens (including phenoxy) is 1. The molecule has 0 bridgehead atoms. The molecule has 3 heteroatoms. The van der Waals surface area contributed by atoms with Crippen LogP contribution in [0.5, 0.6) is 0 Å². The van der Waals surface area contributed by atoms with Gasteiger partial charge in [0.1, 0.15) is 0 Å². The highest BCUT2D eigenvalue weighted by Gasteiger charge is 2.41. The zero-order valence-corrected chi connectivity index (χ0v) is 10.5. The van der Waals surface area contributed by atoms with Gasteiger partial charge in [-0.15, -0.1) is 22.9 Å². The van der Waals surface area contributed by atoms with Gasteiger partial charge in [-0.1, -0.05) is 18.2 Å². The molecule has 0 amide bonds. The zero-order chi connectivity index (χ0) is 11.0. The maximum atomic E-state index is 5.91. The third-order valence-corrected chi connectivity index (χ3v) is 4.53. The maximum Gasteiger partial charge on any atom is 0.0586 e. The van der Waals surface area contributed by atoms with E-state index < -0.39 is 0 Å². The zero-order valence-electron chi connectivity index (χ0n) is 8.91. The fourth-order valence-corrected chi connectivity index (χ4v) is 3.80. The van der Waals surface area contributed by atoms with Gasteiger partial charge in [0.2, 0.25) is 0 Å². The lowest BCUT2D eigenvalue weighted by atomic mass is 9.76. The number of rotatable bonds is 3. The van der Waals surface area contributed by atoms with Gasteiger partial charge in [-0.2, -0.15) is 0 Å². The fourth-order valence-electron chi connectivity index (χ4n) is 2.35. The number of thiophene rings is 1. The summed E-state index contributed by atoms with van der Waals surface area (Å²) in [6.07, 6.45) is 1.01. The summed E-state index contributed by atoms with van der Waals surface area (Å²) in [7, 11) is 0. The number of fused-ring (bicyclic) bond motifs is 1. The van der Waals surface area contributed by atoms with Crippen molar-refractivity contribution >= 4 is 33.0 Å². The first-order valence-corrected chi connectivity index (χ1v) is 6.88. The van der Waals surface area contributed by atoms with Gasteiger partial charge in [0, 0.05) is 16.0 Å². The molecule has 0 spiro atoms. The number of alkyl halides is 1. The summed E-state index contributed by atoms with van der Waals surface area (Å²) in [6.45, 7) is 1.64. The molecule has 1 saturated heterocycles. The minimum atomic E-state index is 0.182. The summed E-state index contributed by atoms with van der Waals surface area (Å²) in [4.78, 5) is 0. The average Bonchev–Trinajstić information content (AvgIpc) is 2.68. The number of hydrogen-bond acceptors (Lipinski definition) is 2. The van der Waals surface area contributed by atoms with Gasteiger partial charge in [0.15, 0.2) is 0 Å². The van der Waals surface area contributed by atoms with Gasteiger partial charge in [-0.25, -0.2) is 0 Å². The molecular formula is C13H13ClOS. The Morgan fingerprint density at radius 2 is 2.12 bits per heavy atom. The highest BCUT2D eigenvalue weighted by atomic mass is 35.5. The van der Waals surface area contributed by atoms with Gasteiger partial charge >= 0.3 is 0 Å². The van der Waals surface area contributed by atoms with Crippen LogP contribution in [0.3, 0.4) is 0 Å². The summed E-state index contributed by atoms with van der Waals surface area (Å²) in [5.74, 6) is 0.702. The van der Waals surface area contributed by atoms with Crippen LogP contribution in [0.2, 0.25) is 0 Å². The number of benzene rings is 1. The van der Waals surface area contributed by atoms with Gasteiger partial charge in [0.05, 0.1) is 13.2 Å². The van der Waals surface area contributed by atoms with E-state index in [1.165, 1.54) is 15.6 Å².